The molecule has 122 valence electrons. The molecule has 1 atom stereocenters. The van der Waals surface area contributed by atoms with E-state index in [1.165, 1.54) is 51.4 Å². The molecule has 0 aliphatic carbocycles. The molecule has 0 saturated carbocycles. The fraction of sp³-hybridized carbons (Fsp3) is 0.667. The van der Waals surface area contributed by atoms with Crippen LogP contribution >= 0.6 is 0 Å². The number of hydrogen-bond acceptors (Lipinski definition) is 3. The van der Waals surface area contributed by atoms with Crippen LogP contribution in [0.15, 0.2) is 18.2 Å². The smallest absolute Gasteiger partial charge is 0.488 e. The van der Waals surface area contributed by atoms with Crippen LogP contribution in [0.2, 0.25) is 0 Å². The average molecular weight is 304 g/mol. The second kappa shape index (κ2) is 9.21. The molecular weight excluding hydrogens is 275 g/mol. The Bertz CT molecular complexity index is 448. The number of hydrogen-bond donors (Lipinski definition) is 2. The van der Waals surface area contributed by atoms with Gasteiger partial charge in [0, 0.05) is 6.42 Å². The van der Waals surface area contributed by atoms with Crippen LogP contribution in [0.3, 0.4) is 0 Å². The zero-order valence-electron chi connectivity index (χ0n) is 13.8. The summed E-state index contributed by atoms with van der Waals surface area (Å²) < 4.78 is 5.94. The minimum absolute atomic E-state index is 0.265. The molecule has 1 heterocycles. The highest BCUT2D eigenvalue weighted by molar-refractivity contribution is 6.58. The van der Waals surface area contributed by atoms with Crippen LogP contribution in [0, 0.1) is 0 Å². The highest BCUT2D eigenvalue weighted by Crippen LogP contribution is 2.30. The molecule has 0 radical (unpaired) electrons. The van der Waals surface area contributed by atoms with Gasteiger partial charge in [0.2, 0.25) is 0 Å². The van der Waals surface area contributed by atoms with E-state index in [1.807, 2.05) is 12.1 Å². The van der Waals surface area contributed by atoms with E-state index in [1.54, 1.807) is 6.07 Å². The molecule has 3 nitrogen and oxygen atoms in total. The van der Waals surface area contributed by atoms with E-state index in [-0.39, 0.29) is 6.10 Å². The quantitative estimate of drug-likeness (QED) is 0.515. The van der Waals surface area contributed by atoms with Crippen molar-refractivity contribution in [2.75, 3.05) is 0 Å². The van der Waals surface area contributed by atoms with Gasteiger partial charge in [-0.05, 0) is 29.9 Å². The van der Waals surface area contributed by atoms with Crippen molar-refractivity contribution in [3.8, 4) is 5.75 Å². The second-order valence-electron chi connectivity index (χ2n) is 6.45. The van der Waals surface area contributed by atoms with Crippen LogP contribution < -0.4 is 10.2 Å². The summed E-state index contributed by atoms with van der Waals surface area (Å²) in [7, 11) is -1.39. The molecule has 0 spiro atoms. The maximum absolute atomic E-state index is 9.21. The van der Waals surface area contributed by atoms with Gasteiger partial charge in [0.05, 0.1) is 0 Å². The Hall–Kier alpha value is -0.995. The lowest BCUT2D eigenvalue weighted by molar-refractivity contribution is 0.216. The first-order chi connectivity index (χ1) is 10.7. The maximum Gasteiger partial charge on any atom is 0.488 e. The third-order valence-electron chi connectivity index (χ3n) is 4.50. The average Bonchev–Trinajstić information content (AvgIpc) is 2.91. The van der Waals surface area contributed by atoms with Crippen LogP contribution in [0.1, 0.15) is 70.3 Å². The second-order valence-corrected chi connectivity index (χ2v) is 6.45. The molecule has 1 aromatic carbocycles. The van der Waals surface area contributed by atoms with Gasteiger partial charge in [-0.3, -0.25) is 0 Å². The van der Waals surface area contributed by atoms with Crippen LogP contribution in [0.5, 0.6) is 5.75 Å². The van der Waals surface area contributed by atoms with Crippen LogP contribution in [0.25, 0.3) is 0 Å². The zero-order valence-corrected chi connectivity index (χ0v) is 13.8. The van der Waals surface area contributed by atoms with E-state index in [0.717, 1.165) is 24.2 Å². The minimum atomic E-state index is -1.39. The van der Waals surface area contributed by atoms with E-state index >= 15 is 0 Å². The monoisotopic (exact) mass is 304 g/mol. The molecule has 4 heteroatoms. The molecule has 1 aliphatic heterocycles. The van der Waals surface area contributed by atoms with Crippen molar-refractivity contribution in [1.29, 1.82) is 0 Å². The Labute approximate surface area is 134 Å². The molecule has 2 rings (SSSR count). The van der Waals surface area contributed by atoms with Crippen LogP contribution in [0.4, 0.5) is 0 Å². The third kappa shape index (κ3) is 5.33. The molecule has 1 unspecified atom stereocenters. The molecule has 0 bridgehead atoms. The standard InChI is InChI=1S/C18H29BO3/c1-2-3-4-5-6-7-8-9-10-17-14-15-13-16(19(20)21)11-12-18(15)22-17/h11-13,17,20-21H,2-10,14H2,1H3. The molecule has 0 amide bonds. The SMILES string of the molecule is CCCCCCCCCCC1Cc2cc(B(O)O)ccc2O1. The summed E-state index contributed by atoms with van der Waals surface area (Å²) in [4.78, 5) is 0. The van der Waals surface area contributed by atoms with Gasteiger partial charge in [-0.1, -0.05) is 64.0 Å². The summed E-state index contributed by atoms with van der Waals surface area (Å²) in [5.74, 6) is 0.911. The summed E-state index contributed by atoms with van der Waals surface area (Å²) in [5.41, 5.74) is 1.66. The lowest BCUT2D eigenvalue weighted by Crippen LogP contribution is -2.29. The largest absolute Gasteiger partial charge is 0.490 e. The van der Waals surface area contributed by atoms with Crippen molar-refractivity contribution in [2.45, 2.75) is 77.2 Å². The Balaban J connectivity index is 1.61. The summed E-state index contributed by atoms with van der Waals surface area (Å²) in [5, 5.41) is 18.4. The lowest BCUT2D eigenvalue weighted by Gasteiger charge is -2.10. The first kappa shape index (κ1) is 17.4. The number of ether oxygens (including phenoxy) is 1. The fourth-order valence-corrected chi connectivity index (χ4v) is 3.17. The zero-order chi connectivity index (χ0) is 15.8. The van der Waals surface area contributed by atoms with Gasteiger partial charge < -0.3 is 14.8 Å². The maximum atomic E-state index is 9.21. The third-order valence-corrected chi connectivity index (χ3v) is 4.50. The molecule has 0 aromatic heterocycles. The van der Waals surface area contributed by atoms with E-state index in [9.17, 15) is 10.0 Å². The van der Waals surface area contributed by atoms with E-state index < -0.39 is 7.12 Å². The van der Waals surface area contributed by atoms with Crippen molar-refractivity contribution >= 4 is 12.6 Å². The first-order valence-electron chi connectivity index (χ1n) is 8.86. The minimum Gasteiger partial charge on any atom is -0.490 e. The van der Waals surface area contributed by atoms with Gasteiger partial charge in [-0.15, -0.1) is 0 Å². The first-order valence-corrected chi connectivity index (χ1v) is 8.86. The Morgan fingerprint density at radius 2 is 1.73 bits per heavy atom. The Morgan fingerprint density at radius 1 is 1.05 bits per heavy atom. The van der Waals surface area contributed by atoms with E-state index in [2.05, 4.69) is 6.92 Å². The Morgan fingerprint density at radius 3 is 2.41 bits per heavy atom. The predicted molar refractivity (Wildman–Crippen MR) is 91.6 cm³/mol. The van der Waals surface area contributed by atoms with Crippen molar-refractivity contribution in [3.63, 3.8) is 0 Å². The highest BCUT2D eigenvalue weighted by atomic mass is 16.5. The van der Waals surface area contributed by atoms with Gasteiger partial charge in [0.15, 0.2) is 0 Å². The lowest BCUT2D eigenvalue weighted by atomic mass is 9.79. The summed E-state index contributed by atoms with van der Waals surface area (Å²) in [6, 6.07) is 5.44. The number of unbranched alkanes of at least 4 members (excludes halogenated alkanes) is 7. The molecule has 0 saturated heterocycles. The van der Waals surface area contributed by atoms with Gasteiger partial charge in [-0.25, -0.2) is 0 Å². The van der Waals surface area contributed by atoms with Crippen LogP contribution in [-0.4, -0.2) is 23.3 Å². The Kier molecular flexibility index (Phi) is 7.27. The molecule has 1 aliphatic rings. The molecule has 0 fully saturated rings. The number of benzene rings is 1. The molecule has 22 heavy (non-hydrogen) atoms. The van der Waals surface area contributed by atoms with Gasteiger partial charge in [0.1, 0.15) is 11.9 Å². The van der Waals surface area contributed by atoms with Gasteiger partial charge >= 0.3 is 7.12 Å². The number of fused-ring (bicyclic) bond motifs is 1. The van der Waals surface area contributed by atoms with Gasteiger partial charge in [-0.2, -0.15) is 0 Å². The van der Waals surface area contributed by atoms with Crippen molar-refractivity contribution in [2.24, 2.45) is 0 Å². The van der Waals surface area contributed by atoms with Crippen molar-refractivity contribution in [1.82, 2.24) is 0 Å². The predicted octanol–water partition coefficient (Wildman–Crippen LogP) is 3.20. The summed E-state index contributed by atoms with van der Waals surface area (Å²) in [6.45, 7) is 2.25. The molecular formula is C18H29BO3. The molecule has 1 aromatic rings. The van der Waals surface area contributed by atoms with Gasteiger partial charge in [0.25, 0.3) is 0 Å². The number of rotatable bonds is 10. The van der Waals surface area contributed by atoms with Crippen LogP contribution in [-0.2, 0) is 6.42 Å². The summed E-state index contributed by atoms with van der Waals surface area (Å²) >= 11 is 0. The fourth-order valence-electron chi connectivity index (χ4n) is 3.17. The normalized spacial score (nSPS) is 16.4. The summed E-state index contributed by atoms with van der Waals surface area (Å²) in [6.07, 6.45) is 12.9. The highest BCUT2D eigenvalue weighted by Gasteiger charge is 2.24. The molecule has 2 N–H and O–H groups in total. The van der Waals surface area contributed by atoms with E-state index in [4.69, 9.17) is 4.74 Å². The van der Waals surface area contributed by atoms with Crippen molar-refractivity contribution in [3.05, 3.63) is 23.8 Å². The van der Waals surface area contributed by atoms with Crippen molar-refractivity contribution < 1.29 is 14.8 Å². The topological polar surface area (TPSA) is 49.7 Å². The van der Waals surface area contributed by atoms with E-state index in [0.29, 0.717) is 5.46 Å².